The smallest absolute Gasteiger partial charge is 0.309 e. The average molecular weight is 231 g/mol. The molecular weight excluding hydrogens is 204 g/mol. The molecule has 1 aliphatic rings. The van der Waals surface area contributed by atoms with Gasteiger partial charge in [0, 0.05) is 33.1 Å². The Morgan fingerprint density at radius 3 is 3.44 bits per heavy atom. The van der Waals surface area contributed by atoms with E-state index < -0.39 is 44.0 Å². The SMILES string of the molecule is [2H]c1nc(C)n(C)c1C[C@H]1C([2H])([2H])OC(=O)[C@@]1([2H])C([2H])([2H])C([2H])([2H])[2H]. The predicted molar refractivity (Wildman–Crippen MR) is 59.9 cm³/mol. The molecule has 0 unspecified atom stereocenters. The second-order valence-corrected chi connectivity index (χ2v) is 3.58. The first-order chi connectivity index (χ1) is 11.1. The van der Waals surface area contributed by atoms with Crippen molar-refractivity contribution in [2.75, 3.05) is 6.56 Å². The first-order valence-electron chi connectivity index (χ1n) is 9.29. The van der Waals surface area contributed by atoms with Crippen LogP contribution in [0.3, 0.4) is 0 Å². The van der Waals surface area contributed by atoms with Crippen LogP contribution < -0.4 is 0 Å². The Labute approximate surface area is 108 Å². The number of rotatable bonds is 3. The van der Waals surface area contributed by atoms with Crippen LogP contribution in [0.5, 0.6) is 0 Å². The van der Waals surface area contributed by atoms with Crippen molar-refractivity contribution in [3.63, 3.8) is 0 Å². The molecule has 2 heterocycles. The quantitative estimate of drug-likeness (QED) is 0.740. The molecule has 1 fully saturated rings. The molecule has 2 atom stereocenters. The van der Waals surface area contributed by atoms with E-state index in [0.29, 0.717) is 5.82 Å². The maximum atomic E-state index is 12.2. The van der Waals surface area contributed by atoms with Gasteiger partial charge in [-0.1, -0.05) is 6.85 Å². The van der Waals surface area contributed by atoms with Gasteiger partial charge in [-0.25, -0.2) is 4.98 Å². The van der Waals surface area contributed by atoms with Crippen LogP contribution in [0.1, 0.15) is 37.1 Å². The van der Waals surface area contributed by atoms with Gasteiger partial charge in [0.25, 0.3) is 0 Å². The largest absolute Gasteiger partial charge is 0.465 e. The summed E-state index contributed by atoms with van der Waals surface area (Å²) in [5, 5.41) is 0. The van der Waals surface area contributed by atoms with Crippen LogP contribution in [0.2, 0.25) is 0 Å². The van der Waals surface area contributed by atoms with Crippen molar-refractivity contribution in [2.45, 2.75) is 26.6 Å². The Morgan fingerprint density at radius 1 is 2.00 bits per heavy atom. The zero-order valence-corrected chi connectivity index (χ0v) is 9.00. The number of aromatic nitrogens is 2. The number of hydrogen-bond donors (Lipinski definition) is 0. The standard InChI is InChI=1S/C12H18N2O2/c1-4-11-9(7-16-12(11)15)5-10-6-13-8(2)14(10)3/h6,9,11H,4-5,7H2,1-3H3/t9-,11-/m0/s1/i1D3,4D2,6D,7D2,11D. The van der Waals surface area contributed by atoms with Gasteiger partial charge in [-0.05, 0) is 19.7 Å². The van der Waals surface area contributed by atoms with Gasteiger partial charge in [0.05, 0.1) is 16.6 Å². The van der Waals surface area contributed by atoms with E-state index >= 15 is 0 Å². The molecule has 0 amide bonds. The number of hydrogen-bond acceptors (Lipinski definition) is 3. The van der Waals surface area contributed by atoms with Gasteiger partial charge in [0.2, 0.25) is 0 Å². The molecule has 0 N–H and O–H groups in total. The molecular formula is C12H18N2O2. The number of esters is 1. The third-order valence-electron chi connectivity index (χ3n) is 2.63. The average Bonchev–Trinajstić information content (AvgIpc) is 2.76. The number of aryl methyl sites for hydroxylation is 1. The third-order valence-corrected chi connectivity index (χ3v) is 2.63. The number of ether oxygens (including phenoxy) is 1. The molecule has 16 heavy (non-hydrogen) atoms. The number of carbonyl (C=O) groups is 1. The minimum atomic E-state index is -3.36. The predicted octanol–water partition coefficient (Wildman–Crippen LogP) is 1.47. The summed E-state index contributed by atoms with van der Waals surface area (Å²) >= 11 is 0. The molecule has 0 aromatic carbocycles. The van der Waals surface area contributed by atoms with Crippen LogP contribution in [-0.2, 0) is 23.0 Å². The summed E-state index contributed by atoms with van der Waals surface area (Å²) < 4.78 is 75.7. The summed E-state index contributed by atoms with van der Waals surface area (Å²) in [7, 11) is 1.55. The molecule has 88 valence electrons. The molecule has 1 aromatic heterocycles. The lowest BCUT2D eigenvalue weighted by molar-refractivity contribution is -0.141. The van der Waals surface area contributed by atoms with E-state index in [1.54, 1.807) is 14.0 Å². The summed E-state index contributed by atoms with van der Waals surface area (Å²) in [5.41, 5.74) is 0.155. The summed E-state index contributed by atoms with van der Waals surface area (Å²) in [4.78, 5) is 16.1. The maximum Gasteiger partial charge on any atom is 0.309 e. The molecule has 1 aromatic rings. The fraction of sp³-hybridized carbons (Fsp3) is 0.667. The van der Waals surface area contributed by atoms with Crippen LogP contribution in [0.4, 0.5) is 0 Å². The number of nitrogens with zero attached hydrogens (tertiary/aromatic N) is 2. The van der Waals surface area contributed by atoms with Crippen molar-refractivity contribution < 1.29 is 21.9 Å². The first kappa shape index (κ1) is 4.51. The summed E-state index contributed by atoms with van der Waals surface area (Å²) in [6.07, 6.45) is -4.03. The van der Waals surface area contributed by atoms with Crippen LogP contribution in [0.15, 0.2) is 6.17 Å². The Kier molecular flexibility index (Phi) is 1.21. The highest BCUT2D eigenvalue weighted by molar-refractivity contribution is 5.74. The van der Waals surface area contributed by atoms with Crippen molar-refractivity contribution >= 4 is 5.97 Å². The normalized spacial score (nSPS) is 42.5. The van der Waals surface area contributed by atoms with Gasteiger partial charge >= 0.3 is 5.97 Å². The van der Waals surface area contributed by atoms with Crippen LogP contribution in [0.25, 0.3) is 0 Å². The molecule has 4 heteroatoms. The monoisotopic (exact) mass is 231 g/mol. The molecule has 1 aliphatic heterocycles. The molecule has 0 radical (unpaired) electrons. The Hall–Kier alpha value is -1.32. The minimum Gasteiger partial charge on any atom is -0.465 e. The molecule has 0 spiro atoms. The van der Waals surface area contributed by atoms with E-state index in [1.165, 1.54) is 4.57 Å². The lowest BCUT2D eigenvalue weighted by Crippen LogP contribution is -2.18. The van der Waals surface area contributed by atoms with Crippen molar-refractivity contribution in [3.05, 3.63) is 17.7 Å². The van der Waals surface area contributed by atoms with E-state index in [1.807, 2.05) is 0 Å². The fourth-order valence-corrected chi connectivity index (χ4v) is 1.53. The molecule has 1 saturated heterocycles. The third kappa shape index (κ3) is 1.84. The number of imidazole rings is 1. The van der Waals surface area contributed by atoms with Crippen molar-refractivity contribution in [3.8, 4) is 0 Å². The van der Waals surface area contributed by atoms with Gasteiger partial charge in [-0.15, -0.1) is 0 Å². The fourth-order valence-electron chi connectivity index (χ4n) is 1.53. The van der Waals surface area contributed by atoms with Gasteiger partial charge in [0.15, 0.2) is 0 Å². The second kappa shape index (κ2) is 4.28. The zero-order valence-electron chi connectivity index (χ0n) is 18.0. The molecule has 0 bridgehead atoms. The maximum absolute atomic E-state index is 12.2. The second-order valence-electron chi connectivity index (χ2n) is 3.58. The van der Waals surface area contributed by atoms with E-state index in [9.17, 15) is 4.79 Å². The molecule has 0 saturated carbocycles. The summed E-state index contributed by atoms with van der Waals surface area (Å²) in [6.45, 7) is -4.51. The Bertz CT molecular complexity index is 712. The van der Waals surface area contributed by atoms with Crippen LogP contribution in [-0.4, -0.2) is 22.1 Å². The lowest BCUT2D eigenvalue weighted by Gasteiger charge is -2.13. The Morgan fingerprint density at radius 2 is 2.81 bits per heavy atom. The topological polar surface area (TPSA) is 44.1 Å². The number of cyclic esters (lactones) is 1. The van der Waals surface area contributed by atoms with Gasteiger partial charge in [-0.2, -0.15) is 0 Å². The Balaban J connectivity index is 2.60. The van der Waals surface area contributed by atoms with Crippen LogP contribution in [0, 0.1) is 18.7 Å². The lowest BCUT2D eigenvalue weighted by atomic mass is 9.89. The van der Waals surface area contributed by atoms with Crippen molar-refractivity contribution in [1.29, 1.82) is 0 Å². The molecule has 4 nitrogen and oxygen atoms in total. The molecule has 0 aliphatic carbocycles. The van der Waals surface area contributed by atoms with Gasteiger partial charge in [-0.3, -0.25) is 4.79 Å². The molecule has 2 rings (SSSR count). The van der Waals surface area contributed by atoms with Crippen LogP contribution >= 0.6 is 0 Å². The van der Waals surface area contributed by atoms with Crippen molar-refractivity contribution in [1.82, 2.24) is 9.55 Å². The highest BCUT2D eigenvalue weighted by atomic mass is 16.5. The summed E-state index contributed by atoms with van der Waals surface area (Å²) in [5.74, 6) is -5.93. The zero-order chi connectivity index (χ0) is 19.6. The highest BCUT2D eigenvalue weighted by Gasteiger charge is 2.35. The van der Waals surface area contributed by atoms with Crippen molar-refractivity contribution in [2.24, 2.45) is 18.9 Å². The number of carbonyl (C=O) groups excluding carboxylic acids is 1. The highest BCUT2D eigenvalue weighted by Crippen LogP contribution is 2.28. The van der Waals surface area contributed by atoms with E-state index in [0.717, 1.165) is 0 Å². The van der Waals surface area contributed by atoms with E-state index in [4.69, 9.17) is 12.3 Å². The van der Waals surface area contributed by atoms with Gasteiger partial charge < -0.3 is 9.30 Å². The summed E-state index contributed by atoms with van der Waals surface area (Å²) in [6, 6.07) is 0. The van der Waals surface area contributed by atoms with Gasteiger partial charge in [0.1, 0.15) is 5.82 Å². The van der Waals surface area contributed by atoms with E-state index in [-0.39, 0.29) is 11.9 Å². The first-order valence-corrected chi connectivity index (χ1v) is 4.79. The minimum absolute atomic E-state index is 0.155. The van der Waals surface area contributed by atoms with E-state index in [2.05, 4.69) is 9.72 Å².